The number of hydroxylamine groups is 2. The van der Waals surface area contributed by atoms with Crippen LogP contribution in [0.1, 0.15) is 27.9 Å². The lowest BCUT2D eigenvalue weighted by molar-refractivity contribution is -0.385. The minimum atomic E-state index is -4.82. The number of carbonyl (C=O) groups is 3. The Kier molecular flexibility index (Phi) is 6.71. The number of nitro benzene ring substituents is 1. The molecule has 2 amide bonds. The molecule has 1 atom stereocenters. The number of aliphatic hydroxyl groups excluding tert-OH is 1. The first kappa shape index (κ1) is 23.8. The van der Waals surface area contributed by atoms with Gasteiger partial charge in [0.25, 0.3) is 27.6 Å². The molecule has 2 aromatic carbocycles. The van der Waals surface area contributed by atoms with Crippen molar-refractivity contribution in [1.29, 1.82) is 0 Å². The molecule has 1 aliphatic heterocycles. The summed E-state index contributed by atoms with van der Waals surface area (Å²) in [7, 11) is -4.82. The van der Waals surface area contributed by atoms with Gasteiger partial charge in [-0.15, -0.1) is 5.06 Å². The van der Waals surface area contributed by atoms with E-state index in [-0.39, 0.29) is 28.4 Å². The third-order valence-corrected chi connectivity index (χ3v) is 5.81. The number of amides is 2. The zero-order valence-electron chi connectivity index (χ0n) is 16.7. The molecule has 1 aliphatic rings. The van der Waals surface area contributed by atoms with Gasteiger partial charge in [0, 0.05) is 18.3 Å². The number of hydrogen-bond donors (Lipinski definition) is 3. The minimum absolute atomic E-state index is 0.0142. The Morgan fingerprint density at radius 3 is 2.42 bits per heavy atom. The van der Waals surface area contributed by atoms with Crippen LogP contribution < -0.4 is 5.32 Å². The number of aliphatic hydroxyl groups is 1. The minimum Gasteiger partial charge on any atom is -0.391 e. The molecule has 1 fully saturated rings. The number of nitrogens with one attached hydrogen (secondary N) is 1. The second kappa shape index (κ2) is 9.32. The molecule has 3 rings (SSSR count). The zero-order chi connectivity index (χ0) is 24.3. The molecule has 1 saturated heterocycles. The van der Waals surface area contributed by atoms with Gasteiger partial charge >= 0.3 is 5.97 Å². The maximum atomic E-state index is 12.2. The molecule has 13 nitrogen and oxygen atoms in total. The lowest BCUT2D eigenvalue weighted by Crippen LogP contribution is -2.36. The molecule has 14 heteroatoms. The van der Waals surface area contributed by atoms with Crippen LogP contribution in [0.15, 0.2) is 42.5 Å². The summed E-state index contributed by atoms with van der Waals surface area (Å²) in [6.45, 7) is -0.240. The van der Waals surface area contributed by atoms with Crippen molar-refractivity contribution < 1.29 is 42.2 Å². The van der Waals surface area contributed by atoms with E-state index in [1.807, 2.05) is 0 Å². The lowest BCUT2D eigenvalue weighted by atomic mass is 10.1. The molecule has 1 unspecified atom stereocenters. The van der Waals surface area contributed by atoms with Gasteiger partial charge in [0.05, 0.1) is 29.1 Å². The van der Waals surface area contributed by atoms with Gasteiger partial charge in [0.2, 0.25) is 0 Å². The highest BCUT2D eigenvalue weighted by atomic mass is 32.2. The van der Waals surface area contributed by atoms with E-state index in [0.717, 1.165) is 0 Å². The van der Waals surface area contributed by atoms with Crippen molar-refractivity contribution in [3.63, 3.8) is 0 Å². The van der Waals surface area contributed by atoms with Crippen LogP contribution in [0.5, 0.6) is 0 Å². The first-order chi connectivity index (χ1) is 15.5. The maximum absolute atomic E-state index is 12.2. The summed E-state index contributed by atoms with van der Waals surface area (Å²) in [5.74, 6) is -3.54. The predicted octanol–water partition coefficient (Wildman–Crippen LogP) is 0.786. The van der Waals surface area contributed by atoms with Crippen LogP contribution in [-0.2, 0) is 37.7 Å². The molecule has 0 aliphatic carbocycles. The van der Waals surface area contributed by atoms with Crippen LogP contribution in [0.25, 0.3) is 0 Å². The molecular formula is C19H17N3O10S. The Hall–Kier alpha value is -3.88. The molecule has 174 valence electrons. The van der Waals surface area contributed by atoms with E-state index >= 15 is 0 Å². The average molecular weight is 479 g/mol. The second-order valence-corrected chi connectivity index (χ2v) is 8.52. The van der Waals surface area contributed by atoms with Crippen LogP contribution in [0.2, 0.25) is 0 Å². The molecule has 0 spiro atoms. The van der Waals surface area contributed by atoms with Crippen molar-refractivity contribution in [2.24, 2.45) is 0 Å². The van der Waals surface area contributed by atoms with Crippen molar-refractivity contribution in [2.45, 2.75) is 24.8 Å². The molecule has 0 bridgehead atoms. The Morgan fingerprint density at radius 2 is 1.88 bits per heavy atom. The topological polar surface area (TPSA) is 193 Å². The highest BCUT2D eigenvalue weighted by molar-refractivity contribution is 7.87. The van der Waals surface area contributed by atoms with Gasteiger partial charge in [0.15, 0.2) is 5.25 Å². The third kappa shape index (κ3) is 5.31. The predicted molar refractivity (Wildman–Crippen MR) is 110 cm³/mol. The molecular weight excluding hydrogens is 462 g/mol. The van der Waals surface area contributed by atoms with Crippen molar-refractivity contribution in [2.75, 3.05) is 5.32 Å². The second-order valence-electron chi connectivity index (χ2n) is 6.92. The summed E-state index contributed by atoms with van der Waals surface area (Å²) in [6.07, 6.45) is -0.839. The molecule has 33 heavy (non-hydrogen) atoms. The molecule has 2 aromatic rings. The van der Waals surface area contributed by atoms with E-state index in [1.165, 1.54) is 42.5 Å². The van der Waals surface area contributed by atoms with E-state index in [4.69, 9.17) is 9.39 Å². The zero-order valence-corrected chi connectivity index (χ0v) is 17.5. The van der Waals surface area contributed by atoms with Gasteiger partial charge in [-0.1, -0.05) is 6.07 Å². The van der Waals surface area contributed by atoms with E-state index in [1.54, 1.807) is 0 Å². The number of carbonyl (C=O) groups excluding carboxylic acids is 3. The summed E-state index contributed by atoms with van der Waals surface area (Å²) in [5, 5.41) is 21.2. The van der Waals surface area contributed by atoms with E-state index < -0.39 is 51.1 Å². The van der Waals surface area contributed by atoms with Gasteiger partial charge in [0.1, 0.15) is 0 Å². The highest BCUT2D eigenvalue weighted by Gasteiger charge is 2.48. The number of imide groups is 1. The summed E-state index contributed by atoms with van der Waals surface area (Å²) < 4.78 is 31.3. The standard InChI is InChI=1S/C19H17N3O10S/c23-10-13-7-11(1-6-15(13)22(27)28)9-20-14-4-2-12(3-5-14)19(26)32-21-17(24)8-16(18(21)25)33(29,30)31/h1-7,16,20,23H,8-10H2,(H,29,30,31). The molecule has 1 heterocycles. The normalized spacial score (nSPS) is 16.1. The molecule has 0 aromatic heterocycles. The van der Waals surface area contributed by atoms with Gasteiger partial charge in [-0.2, -0.15) is 8.42 Å². The SMILES string of the molecule is O=C(ON1C(=O)CC(S(=O)(=O)O)C1=O)c1ccc(NCc2ccc([N+](=O)[O-])c(CO)c2)cc1. The Bertz CT molecular complexity index is 1230. The first-order valence-corrected chi connectivity index (χ1v) is 10.8. The van der Waals surface area contributed by atoms with Crippen LogP contribution in [-0.4, -0.2) is 51.1 Å². The smallest absolute Gasteiger partial charge is 0.363 e. The van der Waals surface area contributed by atoms with Gasteiger partial charge in [-0.05, 0) is 35.9 Å². The van der Waals surface area contributed by atoms with Crippen molar-refractivity contribution in [3.8, 4) is 0 Å². The quantitative estimate of drug-likeness (QED) is 0.210. The molecule has 0 radical (unpaired) electrons. The Morgan fingerprint density at radius 1 is 1.21 bits per heavy atom. The largest absolute Gasteiger partial charge is 0.391 e. The lowest BCUT2D eigenvalue weighted by Gasteiger charge is -2.13. The van der Waals surface area contributed by atoms with Crippen molar-refractivity contribution >= 4 is 39.3 Å². The highest BCUT2D eigenvalue weighted by Crippen LogP contribution is 2.22. The Balaban J connectivity index is 1.62. The van der Waals surface area contributed by atoms with Crippen LogP contribution in [0, 0.1) is 10.1 Å². The molecule has 3 N–H and O–H groups in total. The Labute approximate surface area is 186 Å². The van der Waals surface area contributed by atoms with Crippen molar-refractivity contribution in [3.05, 3.63) is 69.3 Å². The summed E-state index contributed by atoms with van der Waals surface area (Å²) >= 11 is 0. The van der Waals surface area contributed by atoms with Crippen molar-refractivity contribution in [1.82, 2.24) is 5.06 Å². The fraction of sp³-hybridized carbons (Fsp3) is 0.211. The number of rotatable bonds is 8. The number of nitrogens with zero attached hydrogens (tertiary/aromatic N) is 2. The van der Waals surface area contributed by atoms with Crippen LogP contribution in [0.4, 0.5) is 11.4 Å². The van der Waals surface area contributed by atoms with E-state index in [0.29, 0.717) is 11.3 Å². The maximum Gasteiger partial charge on any atom is 0.363 e. The van der Waals surface area contributed by atoms with E-state index in [2.05, 4.69) is 5.32 Å². The number of hydrogen-bond acceptors (Lipinski definition) is 10. The summed E-state index contributed by atoms with van der Waals surface area (Å²) in [6, 6.07) is 9.93. The monoisotopic (exact) mass is 479 g/mol. The van der Waals surface area contributed by atoms with Crippen LogP contribution in [0.3, 0.4) is 0 Å². The third-order valence-electron chi connectivity index (χ3n) is 4.72. The number of nitro groups is 1. The van der Waals surface area contributed by atoms with E-state index in [9.17, 15) is 38.0 Å². The van der Waals surface area contributed by atoms with Gasteiger partial charge < -0.3 is 15.3 Å². The summed E-state index contributed by atoms with van der Waals surface area (Å²) in [5.41, 5.74) is 1.14. The van der Waals surface area contributed by atoms with Gasteiger partial charge in [-0.25, -0.2) is 4.79 Å². The fourth-order valence-corrected chi connectivity index (χ4v) is 3.73. The average Bonchev–Trinajstić information content (AvgIpc) is 3.06. The number of anilines is 1. The van der Waals surface area contributed by atoms with Gasteiger partial charge in [-0.3, -0.25) is 24.3 Å². The molecule has 0 saturated carbocycles. The number of benzene rings is 2. The first-order valence-electron chi connectivity index (χ1n) is 9.27. The van der Waals surface area contributed by atoms with Crippen LogP contribution >= 0.6 is 0 Å². The fourth-order valence-electron chi connectivity index (χ4n) is 3.03. The summed E-state index contributed by atoms with van der Waals surface area (Å²) in [4.78, 5) is 51.0.